The van der Waals surface area contributed by atoms with Crippen LogP contribution in [0.1, 0.15) is 245 Å². The molecule has 0 aromatic heterocycles. The standard InChI is InChI=1S/C72H120NO8P/c1-6-8-10-12-14-16-18-20-22-24-26-28-30-32-33-34-35-36-37-38-39-41-43-45-47-49-51-53-55-57-59-61-63-65-72(75)81-70(69-80-82(76,77)79-67-66-73(3,4)5)68-78-71(74)64-62-60-58-56-54-52-50-48-46-44-42-40-31-29-27-25-23-21-19-17-15-13-11-9-7-2/h8-11,14-17,20-23,26-29,32-33,35-36,40,42,46,48,70H,6-7,12-13,18-19,24-25,30-31,34,37-39,41,43-45,47,49-69H2,1-5H3/b10-8-,11-9-,16-14-,17-15-,22-20-,23-21-,28-26-,29-27-,33-32-,36-35-,42-40-,48-46-. The summed E-state index contributed by atoms with van der Waals surface area (Å²) >= 11 is 0. The van der Waals surface area contributed by atoms with Crippen LogP contribution >= 0.6 is 7.82 Å². The second-order valence-corrected chi connectivity index (χ2v) is 23.8. The summed E-state index contributed by atoms with van der Waals surface area (Å²) in [6.45, 7) is 3.99. The highest BCUT2D eigenvalue weighted by Crippen LogP contribution is 2.38. The molecule has 466 valence electrons. The lowest BCUT2D eigenvalue weighted by Crippen LogP contribution is -2.37. The van der Waals surface area contributed by atoms with E-state index in [0.717, 1.165) is 135 Å². The lowest BCUT2D eigenvalue weighted by Gasteiger charge is -2.28. The van der Waals surface area contributed by atoms with Gasteiger partial charge in [-0.2, -0.15) is 0 Å². The van der Waals surface area contributed by atoms with E-state index < -0.39 is 32.5 Å². The van der Waals surface area contributed by atoms with Gasteiger partial charge in [0, 0.05) is 12.8 Å². The molecule has 2 atom stereocenters. The maximum Gasteiger partial charge on any atom is 0.306 e. The zero-order valence-electron chi connectivity index (χ0n) is 52.9. The first-order chi connectivity index (χ1) is 40.0. The fourth-order valence-corrected chi connectivity index (χ4v) is 9.16. The van der Waals surface area contributed by atoms with Gasteiger partial charge in [0.15, 0.2) is 6.10 Å². The van der Waals surface area contributed by atoms with Gasteiger partial charge < -0.3 is 27.9 Å². The fraction of sp³-hybridized carbons (Fsp3) is 0.639. The monoisotopic (exact) mass is 1160 g/mol. The number of allylic oxidation sites excluding steroid dienone is 24. The van der Waals surface area contributed by atoms with E-state index >= 15 is 0 Å². The molecule has 0 aliphatic rings. The van der Waals surface area contributed by atoms with E-state index in [9.17, 15) is 19.0 Å². The molecule has 2 unspecified atom stereocenters. The van der Waals surface area contributed by atoms with Crippen LogP contribution in [0.15, 0.2) is 146 Å². The predicted octanol–water partition coefficient (Wildman–Crippen LogP) is 20.4. The van der Waals surface area contributed by atoms with Crippen molar-refractivity contribution in [3.63, 3.8) is 0 Å². The van der Waals surface area contributed by atoms with Crippen LogP contribution in [0, 0.1) is 0 Å². The number of esters is 2. The molecule has 0 radical (unpaired) electrons. The Bertz CT molecular complexity index is 1890. The Labute approximate surface area is 503 Å². The smallest absolute Gasteiger partial charge is 0.306 e. The number of phosphoric ester groups is 1. The molecule has 0 bridgehead atoms. The fourth-order valence-electron chi connectivity index (χ4n) is 8.43. The van der Waals surface area contributed by atoms with Gasteiger partial charge in [0.05, 0.1) is 27.7 Å². The van der Waals surface area contributed by atoms with Gasteiger partial charge >= 0.3 is 11.9 Å². The molecule has 0 N–H and O–H groups in total. The van der Waals surface area contributed by atoms with Crippen molar-refractivity contribution in [1.29, 1.82) is 0 Å². The summed E-state index contributed by atoms with van der Waals surface area (Å²) in [5.74, 6) is -0.857. The van der Waals surface area contributed by atoms with Crippen LogP contribution in [-0.4, -0.2) is 70.0 Å². The largest absolute Gasteiger partial charge is 0.756 e. The minimum absolute atomic E-state index is 0.0407. The van der Waals surface area contributed by atoms with Crippen molar-refractivity contribution in [3.8, 4) is 0 Å². The number of carbonyl (C=O) groups is 2. The van der Waals surface area contributed by atoms with Crippen LogP contribution in [0.2, 0.25) is 0 Å². The van der Waals surface area contributed by atoms with E-state index in [1.807, 2.05) is 21.1 Å². The molecule has 0 aliphatic carbocycles. The van der Waals surface area contributed by atoms with E-state index in [1.165, 1.54) is 70.6 Å². The highest BCUT2D eigenvalue weighted by atomic mass is 31.2. The minimum Gasteiger partial charge on any atom is -0.756 e. The van der Waals surface area contributed by atoms with Crippen molar-refractivity contribution in [2.45, 2.75) is 251 Å². The van der Waals surface area contributed by atoms with E-state index in [-0.39, 0.29) is 26.1 Å². The Hall–Kier alpha value is -4.11. The Morgan fingerprint density at radius 2 is 0.659 bits per heavy atom. The summed E-state index contributed by atoms with van der Waals surface area (Å²) in [4.78, 5) is 38.0. The molecule has 0 spiro atoms. The summed E-state index contributed by atoms with van der Waals surface area (Å²) in [7, 11) is 1.14. The molecule has 82 heavy (non-hydrogen) atoms. The maximum atomic E-state index is 12.8. The number of hydrogen-bond acceptors (Lipinski definition) is 8. The topological polar surface area (TPSA) is 111 Å². The number of carbonyl (C=O) groups excluding carboxylic acids is 2. The van der Waals surface area contributed by atoms with Gasteiger partial charge in [0.1, 0.15) is 19.8 Å². The van der Waals surface area contributed by atoms with Gasteiger partial charge in [-0.05, 0) is 116 Å². The van der Waals surface area contributed by atoms with Crippen molar-refractivity contribution < 1.29 is 42.1 Å². The second-order valence-electron chi connectivity index (χ2n) is 22.4. The summed E-state index contributed by atoms with van der Waals surface area (Å²) in [6.07, 6.45) is 90.5. The number of quaternary nitrogens is 1. The van der Waals surface area contributed by atoms with Crippen molar-refractivity contribution >= 4 is 19.8 Å². The zero-order valence-corrected chi connectivity index (χ0v) is 53.8. The third kappa shape index (κ3) is 65.0. The molecule has 10 heteroatoms. The molecule has 9 nitrogen and oxygen atoms in total. The predicted molar refractivity (Wildman–Crippen MR) is 350 cm³/mol. The quantitative estimate of drug-likeness (QED) is 0.0195. The molecule has 0 aromatic rings. The molecule has 0 saturated carbocycles. The number of nitrogens with zero attached hydrogens (tertiary/aromatic N) is 1. The Balaban J connectivity index is 4.15. The molecule has 0 heterocycles. The molecule has 0 aromatic carbocycles. The molecule has 0 aliphatic heterocycles. The van der Waals surface area contributed by atoms with Gasteiger partial charge in [-0.25, -0.2) is 0 Å². The van der Waals surface area contributed by atoms with Crippen LogP contribution in [0.25, 0.3) is 0 Å². The second kappa shape index (κ2) is 61.5. The van der Waals surface area contributed by atoms with Gasteiger partial charge in [-0.1, -0.05) is 262 Å². The summed E-state index contributed by atoms with van der Waals surface area (Å²) in [5.41, 5.74) is 0. The van der Waals surface area contributed by atoms with Crippen molar-refractivity contribution in [2.24, 2.45) is 0 Å². The normalized spacial score (nSPS) is 14.2. The minimum atomic E-state index is -4.65. The van der Waals surface area contributed by atoms with Crippen molar-refractivity contribution in [3.05, 3.63) is 146 Å². The highest BCUT2D eigenvalue weighted by molar-refractivity contribution is 7.45. The van der Waals surface area contributed by atoms with Crippen LogP contribution in [0.4, 0.5) is 0 Å². The Morgan fingerprint density at radius 3 is 0.976 bits per heavy atom. The highest BCUT2D eigenvalue weighted by Gasteiger charge is 2.22. The van der Waals surface area contributed by atoms with E-state index in [4.69, 9.17) is 18.5 Å². The average molecular weight is 1160 g/mol. The first-order valence-corrected chi connectivity index (χ1v) is 34.0. The molecule has 0 fully saturated rings. The Morgan fingerprint density at radius 1 is 0.378 bits per heavy atom. The van der Waals surface area contributed by atoms with Gasteiger partial charge in [-0.15, -0.1) is 0 Å². The summed E-state index contributed by atoms with van der Waals surface area (Å²) in [5, 5.41) is 0. The number of ether oxygens (including phenoxy) is 2. The molecular formula is C72H120NO8P. The lowest BCUT2D eigenvalue weighted by atomic mass is 10.0. The molecule has 0 saturated heterocycles. The van der Waals surface area contributed by atoms with Crippen LogP contribution in [0.3, 0.4) is 0 Å². The number of hydrogen-bond donors (Lipinski definition) is 0. The third-order valence-electron chi connectivity index (χ3n) is 13.4. The van der Waals surface area contributed by atoms with Crippen molar-refractivity contribution in [1.82, 2.24) is 0 Å². The first kappa shape index (κ1) is 77.9. The summed E-state index contributed by atoms with van der Waals surface area (Å²) in [6, 6.07) is 0. The number of phosphoric acid groups is 1. The summed E-state index contributed by atoms with van der Waals surface area (Å²) < 4.78 is 34.2. The van der Waals surface area contributed by atoms with Crippen LogP contribution < -0.4 is 4.89 Å². The van der Waals surface area contributed by atoms with E-state index in [1.54, 1.807) is 0 Å². The first-order valence-electron chi connectivity index (χ1n) is 32.5. The van der Waals surface area contributed by atoms with Gasteiger partial charge in [0.25, 0.3) is 7.82 Å². The maximum absolute atomic E-state index is 12.8. The van der Waals surface area contributed by atoms with Gasteiger partial charge in [-0.3, -0.25) is 14.2 Å². The molecular weight excluding hydrogens is 1040 g/mol. The van der Waals surface area contributed by atoms with E-state index in [2.05, 4.69) is 160 Å². The zero-order chi connectivity index (χ0) is 59.8. The van der Waals surface area contributed by atoms with Gasteiger partial charge in [0.2, 0.25) is 0 Å². The SMILES string of the molecule is CC/C=C\C/C=C\C/C=C\C/C=C\C/C=C\C/C=C\CCCCCCCCCCCCCCCCC(=O)OC(COC(=O)CCCCCCCC/C=C\C/C=C\C/C=C\C/C=C\C/C=C\C/C=C\CC)COP(=O)([O-])OCC[N+](C)(C)C. The number of likely N-dealkylation sites (N-methyl/N-ethyl adjacent to an activating group) is 1. The van der Waals surface area contributed by atoms with Crippen LogP contribution in [-0.2, 0) is 32.7 Å². The number of unbranched alkanes of at least 4 members (excludes halogenated alkanes) is 20. The Kier molecular flexibility index (Phi) is 58.4. The molecule has 0 amide bonds. The van der Waals surface area contributed by atoms with Crippen LogP contribution in [0.5, 0.6) is 0 Å². The number of rotatable bonds is 58. The third-order valence-corrected chi connectivity index (χ3v) is 14.3. The van der Waals surface area contributed by atoms with E-state index in [0.29, 0.717) is 23.9 Å². The molecule has 0 rings (SSSR count). The van der Waals surface area contributed by atoms with Crippen molar-refractivity contribution in [2.75, 3.05) is 47.5 Å². The lowest BCUT2D eigenvalue weighted by molar-refractivity contribution is -0.870. The average Bonchev–Trinajstić information content (AvgIpc) is 3.46.